The minimum Gasteiger partial charge on any atom is -0.381 e. The Hall–Kier alpha value is -3.02. The van der Waals surface area contributed by atoms with E-state index in [1.165, 1.54) is 17.7 Å². The summed E-state index contributed by atoms with van der Waals surface area (Å²) in [6.45, 7) is 2.81. The Labute approximate surface area is 224 Å². The molecule has 1 aliphatic carbocycles. The quantitative estimate of drug-likeness (QED) is 0.489. The highest BCUT2D eigenvalue weighted by Crippen LogP contribution is 2.36. The molecular weight excluding hydrogens is 511 g/mol. The number of halogens is 3. The van der Waals surface area contributed by atoms with Crippen molar-refractivity contribution in [1.29, 1.82) is 0 Å². The fraction of sp³-hybridized carbons (Fsp3) is 0.536. The predicted octanol–water partition coefficient (Wildman–Crippen LogP) is 3.96. The van der Waals surface area contributed by atoms with Crippen molar-refractivity contribution in [3.05, 3.63) is 59.2 Å². The molecule has 1 aromatic carbocycles. The third-order valence-corrected chi connectivity index (χ3v) is 8.02. The number of imidazole rings is 1. The molecule has 11 heteroatoms. The van der Waals surface area contributed by atoms with E-state index in [4.69, 9.17) is 9.47 Å². The first-order chi connectivity index (χ1) is 18.8. The second kappa shape index (κ2) is 10.9. The number of nitrogens with zero attached hydrogens (tertiary/aromatic N) is 3. The Morgan fingerprint density at radius 3 is 2.92 bits per heavy atom. The molecule has 0 spiro atoms. The number of hydrogen-bond donors (Lipinski definition) is 2. The SMILES string of the molecule is O=C(Cc1nc2c(C(F)(F)F)cccc2[nH]1)NC1CN(C2CCCOCC2)C[C@@H]1OC1CCc2cccnc21. The van der Waals surface area contributed by atoms with Crippen LogP contribution in [0.3, 0.4) is 0 Å². The number of hydrogen-bond acceptors (Lipinski definition) is 6. The molecule has 1 amide bonds. The van der Waals surface area contributed by atoms with E-state index < -0.39 is 11.7 Å². The van der Waals surface area contributed by atoms with Crippen LogP contribution in [-0.2, 0) is 33.3 Å². The number of fused-ring (bicyclic) bond motifs is 2. The first-order valence-corrected chi connectivity index (χ1v) is 13.6. The minimum atomic E-state index is -4.52. The summed E-state index contributed by atoms with van der Waals surface area (Å²) < 4.78 is 52.5. The van der Waals surface area contributed by atoms with Gasteiger partial charge in [0.05, 0.1) is 35.3 Å². The molecule has 3 aliphatic rings. The van der Waals surface area contributed by atoms with E-state index in [0.29, 0.717) is 19.1 Å². The Bertz CT molecular complexity index is 1320. The number of alkyl halides is 3. The van der Waals surface area contributed by atoms with Gasteiger partial charge in [-0.1, -0.05) is 12.1 Å². The molecular formula is C28H32F3N5O3. The van der Waals surface area contributed by atoms with Crippen LogP contribution in [0.5, 0.6) is 0 Å². The molecule has 0 radical (unpaired) electrons. The fourth-order valence-electron chi connectivity index (χ4n) is 6.15. The number of carbonyl (C=O) groups excluding carboxylic acids is 1. The zero-order valence-corrected chi connectivity index (χ0v) is 21.5. The molecule has 208 valence electrons. The second-order valence-electron chi connectivity index (χ2n) is 10.6. The lowest BCUT2D eigenvalue weighted by Crippen LogP contribution is -2.45. The number of ether oxygens (including phenoxy) is 2. The number of likely N-dealkylation sites (tertiary alicyclic amines) is 1. The summed E-state index contributed by atoms with van der Waals surface area (Å²) >= 11 is 0. The van der Waals surface area contributed by atoms with E-state index in [9.17, 15) is 18.0 Å². The van der Waals surface area contributed by atoms with Crippen LogP contribution in [0.1, 0.15) is 54.4 Å². The summed E-state index contributed by atoms with van der Waals surface area (Å²) in [5.74, 6) is -0.112. The monoisotopic (exact) mass is 543 g/mol. The standard InChI is InChI=1S/C28H32F3N5O3/c29-28(30,31)19-6-1-7-20-27(19)35-24(33-20)14-25(37)34-21-15-36(18-5-3-12-38-13-10-18)16-23(21)39-22-9-8-17-4-2-11-32-26(17)22/h1-2,4,6-7,11,18,21-23H,3,5,8-10,12-16H2,(H,33,35)(H,34,37)/t18?,21?,22?,23-/m0/s1. The highest BCUT2D eigenvalue weighted by Gasteiger charge is 2.40. The lowest BCUT2D eigenvalue weighted by molar-refractivity contribution is -0.136. The number of carbonyl (C=O) groups is 1. The van der Waals surface area contributed by atoms with Gasteiger partial charge in [0.2, 0.25) is 5.91 Å². The first kappa shape index (κ1) is 26.2. The van der Waals surface area contributed by atoms with E-state index in [-0.39, 0.29) is 47.4 Å². The number of aromatic nitrogens is 3. The van der Waals surface area contributed by atoms with Crippen LogP contribution in [0.25, 0.3) is 11.0 Å². The van der Waals surface area contributed by atoms with Gasteiger partial charge in [0, 0.05) is 38.5 Å². The molecule has 6 rings (SSSR count). The number of amides is 1. The van der Waals surface area contributed by atoms with Gasteiger partial charge in [-0.3, -0.25) is 14.7 Å². The smallest absolute Gasteiger partial charge is 0.381 e. The minimum absolute atomic E-state index is 0.126. The Morgan fingerprint density at radius 2 is 2.05 bits per heavy atom. The summed E-state index contributed by atoms with van der Waals surface area (Å²) in [6, 6.07) is 7.96. The molecule has 2 fully saturated rings. The van der Waals surface area contributed by atoms with Gasteiger partial charge in [-0.05, 0) is 55.9 Å². The molecule has 2 saturated heterocycles. The van der Waals surface area contributed by atoms with Crippen LogP contribution >= 0.6 is 0 Å². The highest BCUT2D eigenvalue weighted by molar-refractivity contribution is 5.82. The molecule has 4 heterocycles. The van der Waals surface area contributed by atoms with Crippen molar-refractivity contribution in [2.24, 2.45) is 0 Å². The number of rotatable bonds is 6. The number of pyridine rings is 1. The molecule has 0 bridgehead atoms. The summed E-state index contributed by atoms with van der Waals surface area (Å²) in [5.41, 5.74) is 1.42. The van der Waals surface area contributed by atoms with Crippen molar-refractivity contribution in [2.75, 3.05) is 26.3 Å². The van der Waals surface area contributed by atoms with Crippen LogP contribution in [0.4, 0.5) is 13.2 Å². The maximum absolute atomic E-state index is 13.4. The normalized spacial score (nSPS) is 26.0. The Morgan fingerprint density at radius 1 is 1.15 bits per heavy atom. The number of para-hydroxylation sites is 1. The van der Waals surface area contributed by atoms with Gasteiger partial charge in [-0.2, -0.15) is 13.2 Å². The molecule has 39 heavy (non-hydrogen) atoms. The predicted molar refractivity (Wildman–Crippen MR) is 137 cm³/mol. The zero-order chi connectivity index (χ0) is 27.0. The van der Waals surface area contributed by atoms with Crippen LogP contribution < -0.4 is 5.32 Å². The summed E-state index contributed by atoms with van der Waals surface area (Å²) in [6.07, 6.45) is 1.46. The van der Waals surface area contributed by atoms with Crippen molar-refractivity contribution in [1.82, 2.24) is 25.2 Å². The number of aryl methyl sites for hydroxylation is 1. The van der Waals surface area contributed by atoms with Gasteiger partial charge in [0.15, 0.2) is 0 Å². The molecule has 0 saturated carbocycles. The largest absolute Gasteiger partial charge is 0.418 e. The molecule has 2 aromatic heterocycles. The fourth-order valence-corrected chi connectivity index (χ4v) is 6.15. The maximum Gasteiger partial charge on any atom is 0.418 e. The number of H-pyrrole nitrogens is 1. The van der Waals surface area contributed by atoms with Crippen molar-refractivity contribution in [3.63, 3.8) is 0 Å². The van der Waals surface area contributed by atoms with E-state index in [1.807, 2.05) is 6.07 Å². The first-order valence-electron chi connectivity index (χ1n) is 13.6. The van der Waals surface area contributed by atoms with Gasteiger partial charge < -0.3 is 19.8 Å². The number of benzene rings is 1. The lowest BCUT2D eigenvalue weighted by atomic mass is 10.1. The third-order valence-electron chi connectivity index (χ3n) is 8.02. The van der Waals surface area contributed by atoms with E-state index in [2.05, 4.69) is 31.2 Å². The van der Waals surface area contributed by atoms with Crippen molar-refractivity contribution < 1.29 is 27.4 Å². The topological polar surface area (TPSA) is 92.4 Å². The third kappa shape index (κ3) is 5.66. The zero-order valence-electron chi connectivity index (χ0n) is 21.5. The molecule has 2 N–H and O–H groups in total. The van der Waals surface area contributed by atoms with Gasteiger partial charge >= 0.3 is 6.18 Å². The lowest BCUT2D eigenvalue weighted by Gasteiger charge is -2.26. The second-order valence-corrected chi connectivity index (χ2v) is 10.6. The Kier molecular flexibility index (Phi) is 7.30. The number of aromatic amines is 1. The van der Waals surface area contributed by atoms with Crippen molar-refractivity contribution in [2.45, 2.75) is 69.0 Å². The Balaban J connectivity index is 1.17. The van der Waals surface area contributed by atoms with Crippen LogP contribution in [0, 0.1) is 0 Å². The number of nitrogens with one attached hydrogen (secondary N) is 2. The van der Waals surface area contributed by atoms with E-state index in [1.54, 1.807) is 6.20 Å². The average molecular weight is 544 g/mol. The highest BCUT2D eigenvalue weighted by atomic mass is 19.4. The molecule has 8 nitrogen and oxygen atoms in total. The summed E-state index contributed by atoms with van der Waals surface area (Å²) in [7, 11) is 0. The molecule has 3 aromatic rings. The van der Waals surface area contributed by atoms with Gasteiger partial charge in [0.1, 0.15) is 17.4 Å². The van der Waals surface area contributed by atoms with Crippen LogP contribution in [-0.4, -0.2) is 70.2 Å². The summed E-state index contributed by atoms with van der Waals surface area (Å²) in [4.78, 5) is 27.1. The maximum atomic E-state index is 13.4. The molecule has 4 atom stereocenters. The van der Waals surface area contributed by atoms with Crippen molar-refractivity contribution >= 4 is 16.9 Å². The van der Waals surface area contributed by atoms with Crippen LogP contribution in [0.15, 0.2) is 36.5 Å². The average Bonchev–Trinajstić information content (AvgIpc) is 3.54. The van der Waals surface area contributed by atoms with Gasteiger partial charge in [-0.15, -0.1) is 0 Å². The van der Waals surface area contributed by atoms with E-state index >= 15 is 0 Å². The van der Waals surface area contributed by atoms with Gasteiger partial charge in [0.25, 0.3) is 0 Å². The van der Waals surface area contributed by atoms with E-state index in [0.717, 1.165) is 57.1 Å². The molecule has 3 unspecified atom stereocenters. The van der Waals surface area contributed by atoms with Crippen LogP contribution in [0.2, 0.25) is 0 Å². The van der Waals surface area contributed by atoms with Crippen molar-refractivity contribution in [3.8, 4) is 0 Å². The molecule has 2 aliphatic heterocycles. The van der Waals surface area contributed by atoms with Gasteiger partial charge in [-0.25, -0.2) is 4.98 Å². The summed E-state index contributed by atoms with van der Waals surface area (Å²) in [5, 5.41) is 3.11.